The first-order valence-corrected chi connectivity index (χ1v) is 12.8. The van der Waals surface area contributed by atoms with E-state index in [1.807, 2.05) is 0 Å². The second-order valence-electron chi connectivity index (χ2n) is 6.17. The van der Waals surface area contributed by atoms with E-state index in [1.54, 1.807) is 4.90 Å². The molecule has 12 heteroatoms. The first kappa shape index (κ1) is 25.8. The van der Waals surface area contributed by atoms with Crippen molar-refractivity contribution >= 4 is 59.0 Å². The van der Waals surface area contributed by atoms with Gasteiger partial charge < -0.3 is 14.9 Å². The molecule has 0 aliphatic heterocycles. The quantitative estimate of drug-likeness (QED) is 0.237. The molecule has 0 fully saturated rings. The average Bonchev–Trinajstić information content (AvgIpc) is 2.70. The Hall–Kier alpha value is -1.24. The highest BCUT2D eigenvalue weighted by Crippen LogP contribution is 2.34. The maximum absolute atomic E-state index is 12.9. The second-order valence-corrected chi connectivity index (χ2v) is 10.00. The fourth-order valence-electron chi connectivity index (χ4n) is 2.70. The number of benzene rings is 1. The van der Waals surface area contributed by atoms with Gasteiger partial charge in [0.15, 0.2) is 9.84 Å². The van der Waals surface area contributed by atoms with Gasteiger partial charge >= 0.3 is 0 Å². The predicted octanol–water partition coefficient (Wildman–Crippen LogP) is 2.44. The first-order valence-electron chi connectivity index (χ1n) is 8.92. The number of aliphatic hydroxyl groups excluding tert-OH is 1. The van der Waals surface area contributed by atoms with E-state index in [2.05, 4.69) is 31.9 Å². The van der Waals surface area contributed by atoms with Crippen LogP contribution in [0.3, 0.4) is 0 Å². The summed E-state index contributed by atoms with van der Waals surface area (Å²) in [5, 5.41) is 21.7. The maximum atomic E-state index is 12.9. The summed E-state index contributed by atoms with van der Waals surface area (Å²) in [5.41, 5.74) is -0.482. The van der Waals surface area contributed by atoms with Gasteiger partial charge in [0.25, 0.3) is 11.6 Å². The van der Waals surface area contributed by atoms with Gasteiger partial charge in [-0.25, -0.2) is 8.42 Å². The van der Waals surface area contributed by atoms with Crippen molar-refractivity contribution < 1.29 is 23.2 Å². The number of sulfone groups is 1. The molecular weight excluding hydrogens is 534 g/mol. The molecule has 29 heavy (non-hydrogen) atoms. The van der Waals surface area contributed by atoms with Crippen molar-refractivity contribution in [3.05, 3.63) is 27.8 Å². The Morgan fingerprint density at radius 1 is 1.21 bits per heavy atom. The third kappa shape index (κ3) is 6.63. The van der Waals surface area contributed by atoms with Gasteiger partial charge in [-0.2, -0.15) is 0 Å². The summed E-state index contributed by atoms with van der Waals surface area (Å²) in [6.45, 7) is 2.45. The molecule has 1 aromatic rings. The number of aliphatic hydroxyl groups is 1. The van der Waals surface area contributed by atoms with E-state index in [0.717, 1.165) is 6.07 Å². The van der Waals surface area contributed by atoms with Crippen molar-refractivity contribution in [2.75, 3.05) is 54.6 Å². The number of carbonyl (C=O) groups is 1. The molecule has 0 saturated carbocycles. The van der Waals surface area contributed by atoms with Crippen LogP contribution in [0.4, 0.5) is 11.4 Å². The number of hydrogen-bond donors (Lipinski definition) is 1. The SMILES string of the molecule is CCS(=O)(=O)c1cc([N+](=O)[O-])c(C(=O)N(C)CCCO)cc1N(CCBr)CCBr. The number of alkyl halides is 2. The van der Waals surface area contributed by atoms with Gasteiger partial charge in [-0.1, -0.05) is 38.8 Å². The number of nitro benzene ring substituents is 1. The van der Waals surface area contributed by atoms with Crippen LogP contribution >= 0.6 is 31.9 Å². The molecule has 0 heterocycles. The number of hydrogen-bond acceptors (Lipinski definition) is 7. The van der Waals surface area contributed by atoms with Gasteiger partial charge in [0, 0.05) is 50.0 Å². The molecule has 0 spiro atoms. The summed E-state index contributed by atoms with van der Waals surface area (Å²) in [7, 11) is -2.30. The second kappa shape index (κ2) is 11.8. The van der Waals surface area contributed by atoms with Crippen LogP contribution in [-0.4, -0.2) is 79.0 Å². The molecule has 164 valence electrons. The standard InChI is InChI=1S/C17H25Br2N3O6S/c1-3-29(27,28)16-12-14(22(25)26)13(17(24)20(2)7-4-10-23)11-15(16)21(8-5-18)9-6-19/h11-12,23H,3-10H2,1-2H3. The summed E-state index contributed by atoms with van der Waals surface area (Å²) in [5.74, 6) is -0.832. The minimum Gasteiger partial charge on any atom is -0.396 e. The van der Waals surface area contributed by atoms with E-state index in [0.29, 0.717) is 30.2 Å². The molecule has 1 rings (SSSR count). The van der Waals surface area contributed by atoms with Crippen molar-refractivity contribution in [3.63, 3.8) is 0 Å². The topological polar surface area (TPSA) is 121 Å². The van der Waals surface area contributed by atoms with Crippen LogP contribution in [-0.2, 0) is 9.84 Å². The Morgan fingerprint density at radius 3 is 2.24 bits per heavy atom. The van der Waals surface area contributed by atoms with Gasteiger partial charge in [-0.3, -0.25) is 14.9 Å². The lowest BCUT2D eigenvalue weighted by Crippen LogP contribution is -2.31. The average molecular weight is 559 g/mol. The van der Waals surface area contributed by atoms with Gasteiger partial charge in [-0.15, -0.1) is 0 Å². The zero-order chi connectivity index (χ0) is 22.2. The fraction of sp³-hybridized carbons (Fsp3) is 0.588. The third-order valence-electron chi connectivity index (χ3n) is 4.27. The highest BCUT2D eigenvalue weighted by molar-refractivity contribution is 9.09. The Bertz CT molecular complexity index is 829. The van der Waals surface area contributed by atoms with Crippen LogP contribution in [0.15, 0.2) is 17.0 Å². The van der Waals surface area contributed by atoms with Crippen molar-refractivity contribution in [1.29, 1.82) is 0 Å². The molecule has 0 aromatic heterocycles. The number of carbonyl (C=O) groups excluding carboxylic acids is 1. The summed E-state index contributed by atoms with van der Waals surface area (Å²) < 4.78 is 25.3. The predicted molar refractivity (Wildman–Crippen MR) is 119 cm³/mol. The zero-order valence-corrected chi connectivity index (χ0v) is 20.3. The smallest absolute Gasteiger partial charge is 0.283 e. The minimum absolute atomic E-state index is 0.122. The molecule has 0 aliphatic rings. The lowest BCUT2D eigenvalue weighted by Gasteiger charge is -2.26. The van der Waals surface area contributed by atoms with Crippen LogP contribution in [0, 0.1) is 10.1 Å². The highest BCUT2D eigenvalue weighted by atomic mass is 79.9. The van der Waals surface area contributed by atoms with Crippen molar-refractivity contribution in [2.24, 2.45) is 0 Å². The molecular formula is C17H25Br2N3O6S. The Kier molecular flexibility index (Phi) is 10.5. The van der Waals surface area contributed by atoms with Crippen LogP contribution in [0.1, 0.15) is 23.7 Å². The molecule has 0 aliphatic carbocycles. The third-order valence-corrected chi connectivity index (χ3v) is 6.73. The molecule has 0 unspecified atom stereocenters. The number of nitrogens with zero attached hydrogens (tertiary/aromatic N) is 3. The lowest BCUT2D eigenvalue weighted by molar-refractivity contribution is -0.385. The molecule has 0 bridgehead atoms. The molecule has 1 aromatic carbocycles. The van der Waals surface area contributed by atoms with Crippen LogP contribution in [0.5, 0.6) is 0 Å². The summed E-state index contributed by atoms with van der Waals surface area (Å²) in [4.78, 5) is 26.6. The van der Waals surface area contributed by atoms with Gasteiger partial charge in [0.05, 0.1) is 21.3 Å². The summed E-state index contributed by atoms with van der Waals surface area (Å²) in [6, 6.07) is 2.28. The number of nitro groups is 1. The maximum Gasteiger partial charge on any atom is 0.283 e. The molecule has 9 nitrogen and oxygen atoms in total. The van der Waals surface area contributed by atoms with Crippen molar-refractivity contribution in [3.8, 4) is 0 Å². The van der Waals surface area contributed by atoms with Gasteiger partial charge in [0.2, 0.25) is 0 Å². The first-order chi connectivity index (χ1) is 13.6. The molecule has 0 radical (unpaired) electrons. The fourth-order valence-corrected chi connectivity index (χ4v) is 4.67. The largest absolute Gasteiger partial charge is 0.396 e. The zero-order valence-electron chi connectivity index (χ0n) is 16.3. The minimum atomic E-state index is -3.78. The molecule has 0 saturated heterocycles. The molecule has 0 atom stereocenters. The molecule has 1 amide bonds. The van der Waals surface area contributed by atoms with Crippen LogP contribution in [0.2, 0.25) is 0 Å². The Labute approximate surface area is 187 Å². The Balaban J connectivity index is 3.74. The van der Waals surface area contributed by atoms with Gasteiger partial charge in [0.1, 0.15) is 5.56 Å². The summed E-state index contributed by atoms with van der Waals surface area (Å²) in [6.07, 6.45) is 0.324. The van der Waals surface area contributed by atoms with E-state index in [1.165, 1.54) is 24.9 Å². The normalized spacial score (nSPS) is 11.3. The lowest BCUT2D eigenvalue weighted by atomic mass is 10.1. The molecule has 1 N–H and O–H groups in total. The Morgan fingerprint density at radius 2 is 1.79 bits per heavy atom. The van der Waals surface area contributed by atoms with E-state index < -0.39 is 26.4 Å². The highest BCUT2D eigenvalue weighted by Gasteiger charge is 2.30. The number of rotatable bonds is 12. The van der Waals surface area contributed by atoms with Crippen molar-refractivity contribution in [2.45, 2.75) is 18.2 Å². The number of halogens is 2. The van der Waals surface area contributed by atoms with E-state index in [9.17, 15) is 23.3 Å². The van der Waals surface area contributed by atoms with E-state index in [-0.39, 0.29) is 35.1 Å². The van der Waals surface area contributed by atoms with Crippen LogP contribution in [0.25, 0.3) is 0 Å². The number of anilines is 1. The van der Waals surface area contributed by atoms with Crippen LogP contribution < -0.4 is 4.90 Å². The monoisotopic (exact) mass is 557 g/mol. The van der Waals surface area contributed by atoms with Crippen molar-refractivity contribution in [1.82, 2.24) is 4.90 Å². The van der Waals surface area contributed by atoms with E-state index >= 15 is 0 Å². The number of amides is 1. The van der Waals surface area contributed by atoms with E-state index in [4.69, 9.17) is 5.11 Å². The van der Waals surface area contributed by atoms with Gasteiger partial charge in [-0.05, 0) is 12.5 Å². The summed E-state index contributed by atoms with van der Waals surface area (Å²) >= 11 is 6.67.